The van der Waals surface area contributed by atoms with Crippen molar-refractivity contribution in [1.29, 1.82) is 0 Å². The molecule has 30 heavy (non-hydrogen) atoms. The Balaban J connectivity index is 1.45. The van der Waals surface area contributed by atoms with E-state index < -0.39 is 0 Å². The van der Waals surface area contributed by atoms with E-state index in [9.17, 15) is 14.4 Å². The molecule has 4 nitrogen and oxygen atoms in total. The fraction of sp³-hybridized carbons (Fsp3) is 0.577. The summed E-state index contributed by atoms with van der Waals surface area (Å²) < 4.78 is 6.04. The normalized spacial score (nSPS) is 37.6. The van der Waals surface area contributed by atoms with Crippen molar-refractivity contribution >= 4 is 17.5 Å². The molecule has 4 heteroatoms. The van der Waals surface area contributed by atoms with E-state index in [0.29, 0.717) is 41.9 Å². The van der Waals surface area contributed by atoms with Gasteiger partial charge in [0.1, 0.15) is 11.9 Å². The Morgan fingerprint density at radius 1 is 1.07 bits per heavy atom. The molecule has 4 aliphatic carbocycles. The molecule has 6 atom stereocenters. The van der Waals surface area contributed by atoms with E-state index in [-0.39, 0.29) is 29.2 Å². The summed E-state index contributed by atoms with van der Waals surface area (Å²) in [6, 6.07) is 9.09. The van der Waals surface area contributed by atoms with Crippen LogP contribution in [0.25, 0.3) is 0 Å². The first kappa shape index (κ1) is 19.7. The van der Waals surface area contributed by atoms with Crippen LogP contribution in [-0.2, 0) is 14.3 Å². The minimum atomic E-state index is -0.339. The zero-order chi connectivity index (χ0) is 20.9. The van der Waals surface area contributed by atoms with E-state index in [0.717, 1.165) is 38.5 Å². The highest BCUT2D eigenvalue weighted by atomic mass is 16.5. The summed E-state index contributed by atoms with van der Waals surface area (Å²) in [5, 5.41) is 0. The third-order valence-electron chi connectivity index (χ3n) is 8.62. The fourth-order valence-corrected chi connectivity index (χ4v) is 7.30. The van der Waals surface area contributed by atoms with Crippen molar-refractivity contribution in [2.75, 3.05) is 0 Å². The van der Waals surface area contributed by atoms with Crippen LogP contribution in [0.15, 0.2) is 42.0 Å². The van der Waals surface area contributed by atoms with Gasteiger partial charge in [0, 0.05) is 24.2 Å². The minimum absolute atomic E-state index is 0.112. The van der Waals surface area contributed by atoms with Crippen molar-refractivity contribution in [2.24, 2.45) is 29.1 Å². The molecule has 3 fully saturated rings. The molecule has 3 saturated carbocycles. The van der Waals surface area contributed by atoms with E-state index in [2.05, 4.69) is 6.92 Å². The van der Waals surface area contributed by atoms with Crippen LogP contribution in [0.1, 0.15) is 68.6 Å². The van der Waals surface area contributed by atoms with Gasteiger partial charge < -0.3 is 4.74 Å². The lowest BCUT2D eigenvalue weighted by Gasteiger charge is -2.53. The Labute approximate surface area is 178 Å². The van der Waals surface area contributed by atoms with Crippen LogP contribution in [0.2, 0.25) is 0 Å². The van der Waals surface area contributed by atoms with Crippen LogP contribution in [0.4, 0.5) is 0 Å². The first-order valence-electron chi connectivity index (χ1n) is 11.6. The Morgan fingerprint density at radius 3 is 2.63 bits per heavy atom. The number of ketones is 2. The summed E-state index contributed by atoms with van der Waals surface area (Å²) in [7, 11) is 0. The number of fused-ring (bicyclic) bond motifs is 5. The van der Waals surface area contributed by atoms with Gasteiger partial charge in [0.25, 0.3) is 0 Å². The molecule has 0 radical (unpaired) electrons. The number of allylic oxidation sites excluding steroid dienone is 1. The molecule has 158 valence electrons. The highest BCUT2D eigenvalue weighted by Gasteiger charge is 2.62. The van der Waals surface area contributed by atoms with Crippen molar-refractivity contribution in [3.05, 3.63) is 47.5 Å². The minimum Gasteiger partial charge on any atom is -0.458 e. The third kappa shape index (κ3) is 2.99. The van der Waals surface area contributed by atoms with E-state index in [1.54, 1.807) is 12.1 Å². The van der Waals surface area contributed by atoms with Crippen molar-refractivity contribution in [3.63, 3.8) is 0 Å². The number of hydrogen-bond donors (Lipinski definition) is 0. The molecule has 0 spiro atoms. The molecule has 0 N–H and O–H groups in total. The lowest BCUT2D eigenvalue weighted by molar-refractivity contribution is -0.134. The molecule has 0 aromatic heterocycles. The average Bonchev–Trinajstić information content (AvgIpc) is 3.05. The van der Waals surface area contributed by atoms with Gasteiger partial charge >= 0.3 is 5.97 Å². The smallest absolute Gasteiger partial charge is 0.338 e. The molecule has 5 rings (SSSR count). The maximum atomic E-state index is 13.2. The second kappa shape index (κ2) is 7.47. The van der Waals surface area contributed by atoms with Gasteiger partial charge in [-0.25, -0.2) is 4.79 Å². The molecule has 1 aromatic carbocycles. The first-order valence-corrected chi connectivity index (χ1v) is 11.6. The van der Waals surface area contributed by atoms with Gasteiger partial charge in [-0.3, -0.25) is 9.59 Å². The number of esters is 1. The quantitative estimate of drug-likeness (QED) is 0.668. The molecule has 0 saturated heterocycles. The van der Waals surface area contributed by atoms with Crippen LogP contribution in [-0.4, -0.2) is 23.6 Å². The topological polar surface area (TPSA) is 60.4 Å². The van der Waals surface area contributed by atoms with Crippen LogP contribution < -0.4 is 0 Å². The molecule has 0 bridgehead atoms. The molecule has 0 amide bonds. The zero-order valence-electron chi connectivity index (χ0n) is 17.6. The van der Waals surface area contributed by atoms with Gasteiger partial charge in [-0.15, -0.1) is 0 Å². The Bertz CT molecular complexity index is 901. The Hall–Kier alpha value is -2.23. The van der Waals surface area contributed by atoms with Crippen molar-refractivity contribution in [1.82, 2.24) is 0 Å². The van der Waals surface area contributed by atoms with Crippen molar-refractivity contribution < 1.29 is 19.1 Å². The molecular formula is C26H30O4. The number of Topliss-reactive ketones (excluding diaryl/α,β-unsaturated/α-hetero) is 1. The number of ether oxygens (including phenoxy) is 1. The fourth-order valence-electron chi connectivity index (χ4n) is 7.30. The van der Waals surface area contributed by atoms with Crippen LogP contribution >= 0.6 is 0 Å². The summed E-state index contributed by atoms with van der Waals surface area (Å²) in [6.45, 7) is 2.13. The van der Waals surface area contributed by atoms with Gasteiger partial charge in [-0.1, -0.05) is 30.7 Å². The number of carbonyl (C=O) groups is 3. The number of rotatable bonds is 3. The van der Waals surface area contributed by atoms with Gasteiger partial charge in [0.2, 0.25) is 0 Å². The summed E-state index contributed by atoms with van der Waals surface area (Å²) in [5.74, 6) is 1.73. The molecule has 0 aliphatic heterocycles. The predicted molar refractivity (Wildman–Crippen MR) is 113 cm³/mol. The lowest BCUT2D eigenvalue weighted by atomic mass is 9.51. The standard InChI is InChI=1S/C26H30O4/c1-2-26-13-12-20-19-11-9-18(27)14-17(19)8-10-21(20)24(26)22(15-23(26)28)30-25(29)16-6-4-3-5-7-16/h3-7,14,19-22,24H,2,8-13,15H2,1H3/t19-,20+,21+,22-,24+,26+/m0/s1. The molecule has 4 aliphatic rings. The SMILES string of the molecule is CC[C@]12CC[C@H]3[C@@H](CCC4=CC(=O)CC[C@@H]43)[C@@H]1[C@@H](OC(=O)c1ccccc1)CC2=O. The Kier molecular flexibility index (Phi) is 4.91. The van der Waals surface area contributed by atoms with Gasteiger partial charge in [0.15, 0.2) is 5.78 Å². The summed E-state index contributed by atoms with van der Waals surface area (Å²) >= 11 is 0. The molecule has 0 heterocycles. The van der Waals surface area contributed by atoms with Crippen molar-refractivity contribution in [2.45, 2.75) is 64.4 Å². The van der Waals surface area contributed by atoms with E-state index in [1.165, 1.54) is 5.57 Å². The monoisotopic (exact) mass is 406 g/mol. The second-order valence-corrected chi connectivity index (χ2v) is 9.71. The van der Waals surface area contributed by atoms with Gasteiger partial charge in [-0.2, -0.15) is 0 Å². The largest absolute Gasteiger partial charge is 0.458 e. The van der Waals surface area contributed by atoms with E-state index >= 15 is 0 Å². The summed E-state index contributed by atoms with van der Waals surface area (Å²) in [5.41, 5.74) is 1.54. The lowest BCUT2D eigenvalue weighted by Crippen LogP contribution is -2.50. The van der Waals surface area contributed by atoms with Gasteiger partial charge in [-0.05, 0) is 74.5 Å². The van der Waals surface area contributed by atoms with Crippen LogP contribution in [0, 0.1) is 29.1 Å². The summed E-state index contributed by atoms with van der Waals surface area (Å²) in [6.07, 6.45) is 8.23. The van der Waals surface area contributed by atoms with Crippen LogP contribution in [0.3, 0.4) is 0 Å². The number of benzene rings is 1. The summed E-state index contributed by atoms with van der Waals surface area (Å²) in [4.78, 5) is 38.0. The average molecular weight is 407 g/mol. The highest BCUT2D eigenvalue weighted by Crippen LogP contribution is 2.62. The second-order valence-electron chi connectivity index (χ2n) is 9.71. The van der Waals surface area contributed by atoms with E-state index in [4.69, 9.17) is 4.74 Å². The number of hydrogen-bond acceptors (Lipinski definition) is 4. The maximum Gasteiger partial charge on any atom is 0.338 e. The molecule has 0 unspecified atom stereocenters. The van der Waals surface area contributed by atoms with Crippen molar-refractivity contribution in [3.8, 4) is 0 Å². The Morgan fingerprint density at radius 2 is 1.87 bits per heavy atom. The third-order valence-corrected chi connectivity index (χ3v) is 8.62. The molecule has 1 aromatic rings. The van der Waals surface area contributed by atoms with Gasteiger partial charge in [0.05, 0.1) is 5.56 Å². The molecular weight excluding hydrogens is 376 g/mol. The zero-order valence-corrected chi connectivity index (χ0v) is 17.6. The predicted octanol–water partition coefficient (Wildman–Crippen LogP) is 4.92. The van der Waals surface area contributed by atoms with Crippen LogP contribution in [0.5, 0.6) is 0 Å². The first-order chi connectivity index (χ1) is 14.5. The highest BCUT2D eigenvalue weighted by molar-refractivity contribution is 5.92. The number of carbonyl (C=O) groups excluding carboxylic acids is 3. The maximum absolute atomic E-state index is 13.2. The van der Waals surface area contributed by atoms with E-state index in [1.807, 2.05) is 24.3 Å².